The highest BCUT2D eigenvalue weighted by Crippen LogP contribution is 2.32. The molecule has 1 atom stereocenters. The molecule has 2 aromatic carbocycles. The predicted molar refractivity (Wildman–Crippen MR) is 113 cm³/mol. The first-order valence-electron chi connectivity index (χ1n) is 9.98. The number of aromatic hydroxyl groups is 1. The SMILES string of the molecule is CC1(C)C[C@@H](C(=O)COc2cc(O)c3c(=O)cc(-c4ccccc4)oc3c2)CCO1. The zero-order valence-corrected chi connectivity index (χ0v) is 17.0. The number of carbonyl (C=O) groups excluding carboxylic acids is 1. The van der Waals surface area contributed by atoms with E-state index in [-0.39, 0.29) is 51.8 Å². The van der Waals surface area contributed by atoms with E-state index in [2.05, 4.69) is 0 Å². The average Bonchev–Trinajstić information content (AvgIpc) is 2.71. The van der Waals surface area contributed by atoms with Crippen LogP contribution in [0.5, 0.6) is 11.5 Å². The molecule has 1 aliphatic rings. The van der Waals surface area contributed by atoms with Gasteiger partial charge in [-0.25, -0.2) is 0 Å². The lowest BCUT2D eigenvalue weighted by Gasteiger charge is -2.34. The number of hydrogen-bond donors (Lipinski definition) is 1. The lowest BCUT2D eigenvalue weighted by molar-refractivity contribution is -0.135. The molecule has 0 radical (unpaired) electrons. The second kappa shape index (κ2) is 7.95. The van der Waals surface area contributed by atoms with Crippen LogP contribution in [-0.2, 0) is 9.53 Å². The Kier molecular flexibility index (Phi) is 5.35. The predicted octanol–water partition coefficient (Wildman–Crippen LogP) is 4.32. The first-order chi connectivity index (χ1) is 14.3. The highest BCUT2D eigenvalue weighted by Gasteiger charge is 2.32. The molecule has 4 rings (SSSR count). The Labute approximate surface area is 174 Å². The molecule has 1 fully saturated rings. The van der Waals surface area contributed by atoms with Crippen LogP contribution in [-0.4, -0.2) is 29.7 Å². The third-order valence-corrected chi connectivity index (χ3v) is 5.38. The van der Waals surface area contributed by atoms with Gasteiger partial charge in [0.15, 0.2) is 11.2 Å². The summed E-state index contributed by atoms with van der Waals surface area (Å²) in [4.78, 5) is 25.1. The molecule has 3 aromatic rings. The molecule has 1 N–H and O–H groups in total. The van der Waals surface area contributed by atoms with Gasteiger partial charge in [0.05, 0.1) is 5.60 Å². The molecule has 0 amide bonds. The maximum absolute atomic E-state index is 12.6. The molecule has 30 heavy (non-hydrogen) atoms. The molecule has 6 heteroatoms. The lowest BCUT2D eigenvalue weighted by atomic mass is 9.86. The normalized spacial score (nSPS) is 18.3. The van der Waals surface area contributed by atoms with Crippen molar-refractivity contribution in [3.63, 3.8) is 0 Å². The molecular formula is C24H24O6. The van der Waals surface area contributed by atoms with Crippen LogP contribution in [0.2, 0.25) is 0 Å². The zero-order chi connectivity index (χ0) is 21.3. The van der Waals surface area contributed by atoms with Crippen LogP contribution in [0.25, 0.3) is 22.3 Å². The number of carbonyl (C=O) groups is 1. The number of rotatable bonds is 5. The van der Waals surface area contributed by atoms with Crippen LogP contribution in [0.15, 0.2) is 57.7 Å². The Bertz CT molecular complexity index is 1130. The van der Waals surface area contributed by atoms with E-state index in [1.54, 1.807) is 0 Å². The largest absolute Gasteiger partial charge is 0.507 e. The maximum Gasteiger partial charge on any atom is 0.197 e. The van der Waals surface area contributed by atoms with Crippen molar-refractivity contribution in [2.75, 3.05) is 13.2 Å². The number of ether oxygens (including phenoxy) is 2. The number of benzene rings is 2. The van der Waals surface area contributed by atoms with Gasteiger partial charge in [0, 0.05) is 36.3 Å². The van der Waals surface area contributed by atoms with Crippen molar-refractivity contribution < 1.29 is 23.8 Å². The Morgan fingerprint density at radius 2 is 1.97 bits per heavy atom. The third-order valence-electron chi connectivity index (χ3n) is 5.38. The molecule has 2 heterocycles. The summed E-state index contributed by atoms with van der Waals surface area (Å²) in [5, 5.41) is 10.4. The summed E-state index contributed by atoms with van der Waals surface area (Å²) in [7, 11) is 0. The minimum Gasteiger partial charge on any atom is -0.507 e. The molecule has 0 bridgehead atoms. The van der Waals surface area contributed by atoms with E-state index in [0.717, 1.165) is 5.56 Å². The van der Waals surface area contributed by atoms with E-state index in [9.17, 15) is 14.7 Å². The van der Waals surface area contributed by atoms with Crippen LogP contribution in [0, 0.1) is 5.92 Å². The maximum atomic E-state index is 12.6. The molecule has 0 saturated carbocycles. The number of hydrogen-bond acceptors (Lipinski definition) is 6. The van der Waals surface area contributed by atoms with Crippen molar-refractivity contribution in [1.29, 1.82) is 0 Å². The number of ketones is 1. The second-order valence-corrected chi connectivity index (χ2v) is 8.21. The molecule has 156 valence electrons. The standard InChI is InChI=1S/C24H24O6/c1-24(2)13-16(8-9-29-24)20(27)14-28-17-10-18(25)23-19(26)12-21(30-22(23)11-17)15-6-4-3-5-7-15/h3-7,10-12,16,25H,8-9,13-14H2,1-2H3/t16-/m0/s1. The summed E-state index contributed by atoms with van der Waals surface area (Å²) in [5.41, 5.74) is 0.284. The third kappa shape index (κ3) is 4.24. The lowest BCUT2D eigenvalue weighted by Crippen LogP contribution is -2.38. The Balaban J connectivity index is 1.57. The number of phenolic OH excluding ortho intramolecular Hbond substituents is 1. The Morgan fingerprint density at radius 3 is 2.70 bits per heavy atom. The van der Waals surface area contributed by atoms with Crippen molar-refractivity contribution in [2.24, 2.45) is 5.92 Å². The monoisotopic (exact) mass is 408 g/mol. The van der Waals surface area contributed by atoms with Gasteiger partial charge in [-0.1, -0.05) is 30.3 Å². The van der Waals surface area contributed by atoms with E-state index >= 15 is 0 Å². The summed E-state index contributed by atoms with van der Waals surface area (Å²) < 4.78 is 17.2. The smallest absolute Gasteiger partial charge is 0.197 e. The van der Waals surface area contributed by atoms with Crippen molar-refractivity contribution in [3.8, 4) is 22.8 Å². The summed E-state index contributed by atoms with van der Waals surface area (Å²) in [6, 6.07) is 13.5. The molecular weight excluding hydrogens is 384 g/mol. The number of Topliss-reactive ketones (excluding diaryl/α,β-unsaturated/α-hetero) is 1. The molecule has 0 spiro atoms. The Morgan fingerprint density at radius 1 is 1.20 bits per heavy atom. The van der Waals surface area contributed by atoms with Crippen LogP contribution in [0.3, 0.4) is 0 Å². The van der Waals surface area contributed by atoms with Gasteiger partial charge >= 0.3 is 0 Å². The van der Waals surface area contributed by atoms with E-state index in [1.807, 2.05) is 44.2 Å². The number of fused-ring (bicyclic) bond motifs is 1. The molecule has 6 nitrogen and oxygen atoms in total. The van der Waals surface area contributed by atoms with Gasteiger partial charge in [-0.3, -0.25) is 9.59 Å². The van der Waals surface area contributed by atoms with Gasteiger partial charge in [0.1, 0.15) is 34.8 Å². The molecule has 0 unspecified atom stereocenters. The first kappa shape index (κ1) is 20.2. The first-order valence-corrected chi connectivity index (χ1v) is 9.98. The van der Waals surface area contributed by atoms with Crippen molar-refractivity contribution in [1.82, 2.24) is 0 Å². The molecule has 0 aliphatic carbocycles. The minimum atomic E-state index is -0.348. The van der Waals surface area contributed by atoms with Gasteiger partial charge in [0.2, 0.25) is 0 Å². The highest BCUT2D eigenvalue weighted by molar-refractivity contribution is 5.86. The zero-order valence-electron chi connectivity index (χ0n) is 17.0. The highest BCUT2D eigenvalue weighted by atomic mass is 16.5. The second-order valence-electron chi connectivity index (χ2n) is 8.21. The van der Waals surface area contributed by atoms with E-state index in [1.165, 1.54) is 18.2 Å². The summed E-state index contributed by atoms with van der Waals surface area (Å²) in [5.74, 6) is 0.296. The number of phenols is 1. The van der Waals surface area contributed by atoms with Crippen LogP contribution >= 0.6 is 0 Å². The quantitative estimate of drug-likeness (QED) is 0.677. The molecule has 1 aromatic heterocycles. The van der Waals surface area contributed by atoms with E-state index in [0.29, 0.717) is 25.2 Å². The Hall–Kier alpha value is -3.12. The van der Waals surface area contributed by atoms with Crippen LogP contribution in [0.1, 0.15) is 26.7 Å². The van der Waals surface area contributed by atoms with Crippen LogP contribution in [0.4, 0.5) is 0 Å². The van der Waals surface area contributed by atoms with Gasteiger partial charge in [-0.2, -0.15) is 0 Å². The van der Waals surface area contributed by atoms with Gasteiger partial charge in [0.25, 0.3) is 0 Å². The summed E-state index contributed by atoms with van der Waals surface area (Å²) >= 11 is 0. The average molecular weight is 408 g/mol. The van der Waals surface area contributed by atoms with Gasteiger partial charge < -0.3 is 19.0 Å². The fourth-order valence-electron chi connectivity index (χ4n) is 3.85. The molecule has 1 aliphatic heterocycles. The summed E-state index contributed by atoms with van der Waals surface area (Å²) in [6.45, 7) is 4.38. The molecule has 1 saturated heterocycles. The van der Waals surface area contributed by atoms with Crippen molar-refractivity contribution in [2.45, 2.75) is 32.3 Å². The van der Waals surface area contributed by atoms with Crippen molar-refractivity contribution in [3.05, 3.63) is 58.8 Å². The topological polar surface area (TPSA) is 86.0 Å². The van der Waals surface area contributed by atoms with Crippen LogP contribution < -0.4 is 10.2 Å². The van der Waals surface area contributed by atoms with E-state index in [4.69, 9.17) is 13.9 Å². The fraction of sp³-hybridized carbons (Fsp3) is 0.333. The fourth-order valence-corrected chi connectivity index (χ4v) is 3.85. The van der Waals surface area contributed by atoms with Crippen molar-refractivity contribution >= 4 is 16.8 Å². The van der Waals surface area contributed by atoms with E-state index < -0.39 is 0 Å². The van der Waals surface area contributed by atoms with Gasteiger partial charge in [-0.15, -0.1) is 0 Å². The van der Waals surface area contributed by atoms with Gasteiger partial charge in [-0.05, 0) is 26.7 Å². The minimum absolute atomic E-state index is 0.00884. The summed E-state index contributed by atoms with van der Waals surface area (Å²) in [6.07, 6.45) is 1.32.